The summed E-state index contributed by atoms with van der Waals surface area (Å²) in [7, 11) is 0. The number of halogens is 1. The summed E-state index contributed by atoms with van der Waals surface area (Å²) in [5, 5.41) is 2.13. The Morgan fingerprint density at radius 2 is 2.05 bits per heavy atom. The molecular formula is C13H15BrN4S. The highest BCUT2D eigenvalue weighted by molar-refractivity contribution is 9.10. The minimum absolute atomic E-state index is 0.986. The quantitative estimate of drug-likeness (QED) is 0.861. The van der Waals surface area contributed by atoms with Crippen molar-refractivity contribution in [1.29, 1.82) is 0 Å². The highest BCUT2D eigenvalue weighted by Crippen LogP contribution is 2.24. The van der Waals surface area contributed by atoms with E-state index in [0.717, 1.165) is 38.5 Å². The Bertz CT molecular complexity index is 522. The van der Waals surface area contributed by atoms with Crippen LogP contribution in [-0.4, -0.2) is 41.0 Å². The van der Waals surface area contributed by atoms with Crippen molar-refractivity contribution in [1.82, 2.24) is 14.9 Å². The molecule has 1 aliphatic heterocycles. The number of thiophene rings is 1. The molecule has 0 aromatic carbocycles. The Kier molecular flexibility index (Phi) is 4.10. The van der Waals surface area contributed by atoms with Gasteiger partial charge < -0.3 is 4.90 Å². The van der Waals surface area contributed by atoms with Crippen LogP contribution in [0, 0.1) is 0 Å². The third-order valence-corrected chi connectivity index (χ3v) is 5.22. The highest BCUT2D eigenvalue weighted by atomic mass is 79.9. The van der Waals surface area contributed by atoms with Gasteiger partial charge in [0.2, 0.25) is 0 Å². The molecule has 0 unspecified atom stereocenters. The van der Waals surface area contributed by atoms with Crippen LogP contribution in [0.15, 0.2) is 34.5 Å². The largest absolute Gasteiger partial charge is 0.353 e. The Morgan fingerprint density at radius 1 is 1.21 bits per heavy atom. The Balaban J connectivity index is 1.57. The van der Waals surface area contributed by atoms with Crippen molar-refractivity contribution in [2.75, 3.05) is 31.1 Å². The summed E-state index contributed by atoms with van der Waals surface area (Å²) in [5.41, 5.74) is 0. The number of hydrogen-bond acceptors (Lipinski definition) is 5. The summed E-state index contributed by atoms with van der Waals surface area (Å²) in [5.74, 6) is 0.986. The maximum Gasteiger partial charge on any atom is 0.147 e. The minimum Gasteiger partial charge on any atom is -0.353 e. The van der Waals surface area contributed by atoms with Gasteiger partial charge in [0.25, 0.3) is 0 Å². The molecule has 6 heteroatoms. The zero-order valence-electron chi connectivity index (χ0n) is 10.5. The Hall–Kier alpha value is -0.980. The van der Waals surface area contributed by atoms with Gasteiger partial charge in [-0.05, 0) is 27.4 Å². The summed E-state index contributed by atoms with van der Waals surface area (Å²) in [6.45, 7) is 5.21. The monoisotopic (exact) mass is 338 g/mol. The molecule has 3 rings (SSSR count). The molecular weight excluding hydrogens is 324 g/mol. The maximum absolute atomic E-state index is 4.36. The summed E-state index contributed by atoms with van der Waals surface area (Å²) < 4.78 is 1.23. The van der Waals surface area contributed by atoms with Crippen molar-refractivity contribution in [3.63, 3.8) is 0 Å². The molecule has 0 atom stereocenters. The summed E-state index contributed by atoms with van der Waals surface area (Å²) in [6.07, 6.45) is 5.31. The van der Waals surface area contributed by atoms with E-state index in [-0.39, 0.29) is 0 Å². The van der Waals surface area contributed by atoms with E-state index in [0.29, 0.717) is 0 Å². The van der Waals surface area contributed by atoms with E-state index in [9.17, 15) is 0 Å². The average Bonchev–Trinajstić information content (AvgIpc) is 2.86. The summed E-state index contributed by atoms with van der Waals surface area (Å²) >= 11 is 5.41. The van der Waals surface area contributed by atoms with Crippen LogP contribution in [-0.2, 0) is 6.54 Å². The van der Waals surface area contributed by atoms with Crippen molar-refractivity contribution in [3.8, 4) is 0 Å². The van der Waals surface area contributed by atoms with Crippen molar-refractivity contribution >= 4 is 33.1 Å². The second-order valence-corrected chi connectivity index (χ2v) is 6.37. The second-order valence-electron chi connectivity index (χ2n) is 4.52. The van der Waals surface area contributed by atoms with Crippen LogP contribution >= 0.6 is 27.3 Å². The van der Waals surface area contributed by atoms with Gasteiger partial charge in [0, 0.05) is 54.5 Å². The molecule has 1 fully saturated rings. The van der Waals surface area contributed by atoms with Gasteiger partial charge in [-0.3, -0.25) is 9.88 Å². The van der Waals surface area contributed by atoms with Crippen molar-refractivity contribution < 1.29 is 0 Å². The van der Waals surface area contributed by atoms with Crippen LogP contribution in [0.25, 0.3) is 0 Å². The smallest absolute Gasteiger partial charge is 0.147 e. The van der Waals surface area contributed by atoms with Crippen LogP contribution in [0.2, 0.25) is 0 Å². The molecule has 0 spiro atoms. The lowest BCUT2D eigenvalue weighted by Crippen LogP contribution is -2.46. The van der Waals surface area contributed by atoms with Crippen LogP contribution in [0.3, 0.4) is 0 Å². The van der Waals surface area contributed by atoms with E-state index in [4.69, 9.17) is 0 Å². The van der Waals surface area contributed by atoms with Gasteiger partial charge in [-0.2, -0.15) is 0 Å². The molecule has 4 nitrogen and oxygen atoms in total. The molecule has 1 aliphatic rings. The van der Waals surface area contributed by atoms with Crippen molar-refractivity contribution in [2.24, 2.45) is 0 Å². The molecule has 0 aliphatic carbocycles. The molecule has 0 N–H and O–H groups in total. The lowest BCUT2D eigenvalue weighted by molar-refractivity contribution is 0.251. The number of aromatic nitrogens is 2. The SMILES string of the molecule is Brc1ccsc1CN1CCN(c2cnccn2)CC1. The molecule has 2 aromatic heterocycles. The first-order chi connectivity index (χ1) is 9.33. The normalized spacial score (nSPS) is 16.8. The fraction of sp³-hybridized carbons (Fsp3) is 0.385. The lowest BCUT2D eigenvalue weighted by Gasteiger charge is -2.35. The van der Waals surface area contributed by atoms with Gasteiger partial charge in [-0.1, -0.05) is 0 Å². The standard InChI is InChI=1S/C13H15BrN4S/c14-11-1-8-19-12(11)10-17-4-6-18(7-5-17)13-9-15-2-3-16-13/h1-3,8-9H,4-7,10H2. The summed E-state index contributed by atoms with van der Waals surface area (Å²) in [4.78, 5) is 14.7. The van der Waals surface area contributed by atoms with Crippen LogP contribution < -0.4 is 4.90 Å². The third-order valence-electron chi connectivity index (χ3n) is 3.30. The maximum atomic E-state index is 4.36. The van der Waals surface area contributed by atoms with Crippen LogP contribution in [0.4, 0.5) is 5.82 Å². The molecule has 3 heterocycles. The first-order valence-corrected chi connectivity index (χ1v) is 7.95. The second kappa shape index (κ2) is 5.98. The minimum atomic E-state index is 0.986. The molecule has 0 bridgehead atoms. The van der Waals surface area contributed by atoms with E-state index in [1.165, 1.54) is 9.35 Å². The van der Waals surface area contributed by atoms with E-state index >= 15 is 0 Å². The zero-order chi connectivity index (χ0) is 13.1. The first-order valence-electron chi connectivity index (χ1n) is 6.28. The van der Waals surface area contributed by atoms with E-state index < -0.39 is 0 Å². The predicted molar refractivity (Wildman–Crippen MR) is 81.5 cm³/mol. The average molecular weight is 339 g/mol. The zero-order valence-corrected chi connectivity index (χ0v) is 12.9. The van der Waals surface area contributed by atoms with Crippen molar-refractivity contribution in [2.45, 2.75) is 6.54 Å². The van der Waals surface area contributed by atoms with E-state index in [1.807, 2.05) is 17.5 Å². The van der Waals surface area contributed by atoms with Gasteiger partial charge in [-0.15, -0.1) is 11.3 Å². The van der Waals surface area contributed by atoms with Crippen molar-refractivity contribution in [3.05, 3.63) is 39.4 Å². The molecule has 0 radical (unpaired) electrons. The first kappa shape index (κ1) is 13.0. The molecule has 100 valence electrons. The van der Waals surface area contributed by atoms with Crippen LogP contribution in [0.5, 0.6) is 0 Å². The number of rotatable bonds is 3. The van der Waals surface area contributed by atoms with E-state index in [1.54, 1.807) is 12.4 Å². The topological polar surface area (TPSA) is 32.3 Å². The molecule has 1 saturated heterocycles. The third kappa shape index (κ3) is 3.13. The van der Waals surface area contributed by atoms with E-state index in [2.05, 4.69) is 47.1 Å². The number of piperazine rings is 1. The predicted octanol–water partition coefficient (Wildman–Crippen LogP) is 2.62. The molecule has 0 amide bonds. The number of anilines is 1. The number of hydrogen-bond donors (Lipinski definition) is 0. The number of nitrogens with zero attached hydrogens (tertiary/aromatic N) is 4. The summed E-state index contributed by atoms with van der Waals surface area (Å²) in [6, 6.07) is 2.12. The van der Waals surface area contributed by atoms with Crippen LogP contribution in [0.1, 0.15) is 4.88 Å². The molecule has 19 heavy (non-hydrogen) atoms. The molecule has 0 saturated carbocycles. The van der Waals surface area contributed by atoms with Gasteiger partial charge in [-0.25, -0.2) is 4.98 Å². The van der Waals surface area contributed by atoms with Gasteiger partial charge in [0.05, 0.1) is 6.20 Å². The lowest BCUT2D eigenvalue weighted by atomic mass is 10.3. The molecule has 2 aromatic rings. The Labute approximate surface area is 125 Å². The van der Waals surface area contributed by atoms with Gasteiger partial charge >= 0.3 is 0 Å². The fourth-order valence-corrected chi connectivity index (χ4v) is 3.75. The fourth-order valence-electron chi connectivity index (χ4n) is 2.23. The highest BCUT2D eigenvalue weighted by Gasteiger charge is 2.19. The Morgan fingerprint density at radius 3 is 2.68 bits per heavy atom. The van der Waals surface area contributed by atoms with Gasteiger partial charge in [0.1, 0.15) is 5.82 Å². The van der Waals surface area contributed by atoms with Gasteiger partial charge in [0.15, 0.2) is 0 Å².